The second kappa shape index (κ2) is 5.62. The number of hydrogen-bond donors (Lipinski definition) is 1. The molecule has 1 rings (SSSR count). The minimum atomic E-state index is 0.661. The highest BCUT2D eigenvalue weighted by Crippen LogP contribution is 2.28. The quantitative estimate of drug-likeness (QED) is 0.868. The van der Waals surface area contributed by atoms with E-state index in [0.29, 0.717) is 13.2 Å². The van der Waals surface area contributed by atoms with Crippen molar-refractivity contribution in [2.45, 2.75) is 6.42 Å². The van der Waals surface area contributed by atoms with Crippen LogP contribution in [0.5, 0.6) is 5.75 Å². The van der Waals surface area contributed by atoms with Crippen LogP contribution in [0.3, 0.4) is 0 Å². The molecule has 2 nitrogen and oxygen atoms in total. The van der Waals surface area contributed by atoms with Gasteiger partial charge in [-0.25, -0.2) is 0 Å². The number of ether oxygens (including phenoxy) is 1. The minimum Gasteiger partial charge on any atom is -0.492 e. The summed E-state index contributed by atoms with van der Waals surface area (Å²) >= 11 is 6.79. The fraction of sp³-hybridized carbons (Fsp3) is 0.333. The summed E-state index contributed by atoms with van der Waals surface area (Å²) in [5.41, 5.74) is 5.36. The van der Waals surface area contributed by atoms with Crippen molar-refractivity contribution in [1.29, 1.82) is 0 Å². The van der Waals surface area contributed by atoms with Gasteiger partial charge in [-0.2, -0.15) is 0 Å². The zero-order valence-corrected chi connectivity index (χ0v) is 10.3. The second-order valence-corrected chi connectivity index (χ2v) is 4.34. The van der Waals surface area contributed by atoms with E-state index in [1.54, 1.807) is 0 Å². The van der Waals surface area contributed by atoms with Crippen LogP contribution in [0.25, 0.3) is 0 Å². The highest BCUT2D eigenvalue weighted by molar-refractivity contribution is 9.11. The minimum absolute atomic E-state index is 0.661. The number of rotatable bonds is 4. The molecule has 0 aliphatic carbocycles. The zero-order valence-electron chi connectivity index (χ0n) is 7.09. The third-order valence-electron chi connectivity index (χ3n) is 1.50. The normalized spacial score (nSPS) is 10.1. The summed E-state index contributed by atoms with van der Waals surface area (Å²) in [4.78, 5) is 0. The summed E-state index contributed by atoms with van der Waals surface area (Å²) < 4.78 is 7.47. The Bertz CT molecular complexity index is 278. The Kier molecular flexibility index (Phi) is 4.77. The van der Waals surface area contributed by atoms with Crippen molar-refractivity contribution >= 4 is 31.9 Å². The lowest BCUT2D eigenvalue weighted by molar-refractivity contribution is 0.311. The van der Waals surface area contributed by atoms with E-state index in [0.717, 1.165) is 21.1 Å². The molecule has 0 unspecified atom stereocenters. The van der Waals surface area contributed by atoms with Crippen LogP contribution in [0, 0.1) is 0 Å². The van der Waals surface area contributed by atoms with Crippen LogP contribution < -0.4 is 10.5 Å². The van der Waals surface area contributed by atoms with Gasteiger partial charge in [-0.15, -0.1) is 0 Å². The van der Waals surface area contributed by atoms with E-state index in [9.17, 15) is 0 Å². The van der Waals surface area contributed by atoms with Crippen molar-refractivity contribution in [3.63, 3.8) is 0 Å². The summed E-state index contributed by atoms with van der Waals surface area (Å²) in [5.74, 6) is 0.858. The molecule has 0 atom stereocenters. The third-order valence-corrected chi connectivity index (χ3v) is 2.61. The average Bonchev–Trinajstić information content (AvgIpc) is 2.09. The molecule has 4 heteroatoms. The Morgan fingerprint density at radius 2 is 2.08 bits per heavy atom. The SMILES string of the molecule is NCCCOc1ccc(Br)cc1Br. The van der Waals surface area contributed by atoms with Crippen LogP contribution in [-0.4, -0.2) is 13.2 Å². The Balaban J connectivity index is 2.56. The van der Waals surface area contributed by atoms with Crippen LogP contribution in [0.1, 0.15) is 6.42 Å². The van der Waals surface area contributed by atoms with Crippen LogP contribution in [0.2, 0.25) is 0 Å². The van der Waals surface area contributed by atoms with Gasteiger partial charge in [0.05, 0.1) is 11.1 Å². The highest BCUT2D eigenvalue weighted by atomic mass is 79.9. The lowest BCUT2D eigenvalue weighted by Gasteiger charge is -2.07. The number of benzene rings is 1. The molecule has 0 saturated carbocycles. The Morgan fingerprint density at radius 3 is 2.69 bits per heavy atom. The van der Waals surface area contributed by atoms with Gasteiger partial charge >= 0.3 is 0 Å². The summed E-state index contributed by atoms with van der Waals surface area (Å²) in [5, 5.41) is 0. The molecule has 0 aliphatic heterocycles. The molecule has 0 fully saturated rings. The maximum absolute atomic E-state index is 5.48. The lowest BCUT2D eigenvalue weighted by Crippen LogP contribution is -2.06. The van der Waals surface area contributed by atoms with Gasteiger partial charge in [-0.05, 0) is 47.1 Å². The van der Waals surface area contributed by atoms with Crippen LogP contribution in [0.4, 0.5) is 0 Å². The van der Waals surface area contributed by atoms with Crippen LogP contribution >= 0.6 is 31.9 Å². The van der Waals surface area contributed by atoms with Gasteiger partial charge in [0.2, 0.25) is 0 Å². The molecule has 0 saturated heterocycles. The maximum atomic E-state index is 5.48. The topological polar surface area (TPSA) is 35.2 Å². The van der Waals surface area contributed by atoms with Gasteiger partial charge in [-0.1, -0.05) is 15.9 Å². The van der Waals surface area contributed by atoms with Crippen molar-refractivity contribution in [3.8, 4) is 5.75 Å². The first-order valence-electron chi connectivity index (χ1n) is 4.02. The van der Waals surface area contributed by atoms with Gasteiger partial charge in [0.1, 0.15) is 5.75 Å². The summed E-state index contributed by atoms with van der Waals surface area (Å²) in [6, 6.07) is 5.82. The molecular formula is C9H11Br2NO. The first kappa shape index (κ1) is 11.0. The van der Waals surface area contributed by atoms with Crippen molar-refractivity contribution in [2.24, 2.45) is 5.73 Å². The van der Waals surface area contributed by atoms with Gasteiger partial charge < -0.3 is 10.5 Å². The molecule has 72 valence electrons. The summed E-state index contributed by atoms with van der Waals surface area (Å²) in [6.07, 6.45) is 0.877. The Hall–Kier alpha value is -0.0600. The van der Waals surface area contributed by atoms with E-state index in [1.165, 1.54) is 0 Å². The summed E-state index contributed by atoms with van der Waals surface area (Å²) in [6.45, 7) is 1.32. The molecule has 0 spiro atoms. The molecule has 1 aromatic rings. The fourth-order valence-corrected chi connectivity index (χ4v) is 2.02. The monoisotopic (exact) mass is 307 g/mol. The van der Waals surface area contributed by atoms with Gasteiger partial charge in [0, 0.05) is 4.47 Å². The molecule has 2 N–H and O–H groups in total. The number of nitrogens with two attached hydrogens (primary N) is 1. The highest BCUT2D eigenvalue weighted by Gasteiger charge is 2.00. The van der Waals surface area contributed by atoms with Gasteiger partial charge in [0.15, 0.2) is 0 Å². The predicted molar refractivity (Wildman–Crippen MR) is 61.0 cm³/mol. The van der Waals surface area contributed by atoms with Crippen LogP contribution in [0.15, 0.2) is 27.1 Å². The van der Waals surface area contributed by atoms with Crippen molar-refractivity contribution in [1.82, 2.24) is 0 Å². The maximum Gasteiger partial charge on any atom is 0.133 e. The smallest absolute Gasteiger partial charge is 0.133 e. The third kappa shape index (κ3) is 3.67. The Labute approximate surface area is 94.7 Å². The van der Waals surface area contributed by atoms with E-state index < -0.39 is 0 Å². The zero-order chi connectivity index (χ0) is 9.68. The molecule has 0 bridgehead atoms. The van der Waals surface area contributed by atoms with Gasteiger partial charge in [-0.3, -0.25) is 0 Å². The van der Waals surface area contributed by atoms with E-state index in [2.05, 4.69) is 31.9 Å². The second-order valence-electron chi connectivity index (χ2n) is 2.57. The molecule has 0 aliphatic rings. The molecule has 0 heterocycles. The van der Waals surface area contributed by atoms with E-state index in [1.807, 2.05) is 18.2 Å². The first-order chi connectivity index (χ1) is 6.24. The molecule has 13 heavy (non-hydrogen) atoms. The van der Waals surface area contributed by atoms with Crippen molar-refractivity contribution in [2.75, 3.05) is 13.2 Å². The molecule has 0 amide bonds. The number of halogens is 2. The van der Waals surface area contributed by atoms with E-state index >= 15 is 0 Å². The van der Waals surface area contributed by atoms with Crippen LogP contribution in [-0.2, 0) is 0 Å². The molecule has 0 aromatic heterocycles. The van der Waals surface area contributed by atoms with E-state index in [4.69, 9.17) is 10.5 Å². The number of hydrogen-bond acceptors (Lipinski definition) is 2. The lowest BCUT2D eigenvalue weighted by atomic mass is 10.3. The van der Waals surface area contributed by atoms with Crippen molar-refractivity contribution in [3.05, 3.63) is 27.1 Å². The molecular weight excluding hydrogens is 298 g/mol. The molecule has 0 radical (unpaired) electrons. The molecule has 1 aromatic carbocycles. The first-order valence-corrected chi connectivity index (χ1v) is 5.60. The van der Waals surface area contributed by atoms with Crippen molar-refractivity contribution < 1.29 is 4.74 Å². The fourth-order valence-electron chi connectivity index (χ4n) is 0.858. The largest absolute Gasteiger partial charge is 0.492 e. The predicted octanol–water partition coefficient (Wildman–Crippen LogP) is 2.94. The summed E-state index contributed by atoms with van der Waals surface area (Å²) in [7, 11) is 0. The Morgan fingerprint density at radius 1 is 1.31 bits per heavy atom. The van der Waals surface area contributed by atoms with E-state index in [-0.39, 0.29) is 0 Å². The average molecular weight is 309 g/mol. The van der Waals surface area contributed by atoms with Gasteiger partial charge in [0.25, 0.3) is 0 Å². The standard InChI is InChI=1S/C9H11Br2NO/c10-7-2-3-9(8(11)6-7)13-5-1-4-12/h2-3,6H,1,4-5,12H2.